The molecule has 0 aliphatic rings. The Morgan fingerprint density at radius 2 is 1.84 bits per heavy atom. The van der Waals surface area contributed by atoms with Crippen molar-refractivity contribution in [3.05, 3.63) is 89.9 Å². The highest BCUT2D eigenvalue weighted by Gasteiger charge is 2.22. The summed E-state index contributed by atoms with van der Waals surface area (Å²) >= 11 is 0. The maximum absolute atomic E-state index is 13.0. The van der Waals surface area contributed by atoms with Crippen LogP contribution in [0, 0.1) is 5.82 Å². The molecular formula is C24H27FN4O2. The highest BCUT2D eigenvalue weighted by Crippen LogP contribution is 2.21. The molecule has 0 bridgehead atoms. The maximum Gasteiger partial charge on any atom is 0.219 e. The maximum atomic E-state index is 13.0. The zero-order valence-electron chi connectivity index (χ0n) is 17.7. The Kier molecular flexibility index (Phi) is 7.56. The number of nitrogens with zero attached hydrogens (tertiary/aromatic N) is 2. The van der Waals surface area contributed by atoms with Crippen LogP contribution in [0.1, 0.15) is 25.0 Å². The zero-order chi connectivity index (χ0) is 22.1. The topological polar surface area (TPSA) is 78.8 Å². The summed E-state index contributed by atoms with van der Waals surface area (Å²) in [7, 11) is 0. The van der Waals surface area contributed by atoms with E-state index < -0.39 is 5.60 Å². The first-order valence-electron chi connectivity index (χ1n) is 10.1. The van der Waals surface area contributed by atoms with Crippen molar-refractivity contribution in [2.75, 3.05) is 13.1 Å². The second-order valence-electron chi connectivity index (χ2n) is 7.25. The molecule has 0 saturated heterocycles. The molecule has 162 valence electrons. The first-order valence-corrected chi connectivity index (χ1v) is 10.1. The number of hydrogen-bond acceptors (Lipinski definition) is 4. The zero-order valence-corrected chi connectivity index (χ0v) is 17.7. The Balaban J connectivity index is 1.64. The molecule has 1 aromatic heterocycles. The molecular weight excluding hydrogens is 395 g/mol. The van der Waals surface area contributed by atoms with Gasteiger partial charge in [-0.15, -0.1) is 0 Å². The lowest BCUT2D eigenvalue weighted by Gasteiger charge is -2.25. The molecule has 0 aliphatic heterocycles. The van der Waals surface area contributed by atoms with Crippen LogP contribution in [0.25, 0.3) is 0 Å². The Morgan fingerprint density at radius 3 is 2.55 bits per heavy atom. The highest BCUT2D eigenvalue weighted by atomic mass is 19.1. The van der Waals surface area contributed by atoms with Gasteiger partial charge in [-0.3, -0.25) is 0 Å². The van der Waals surface area contributed by atoms with E-state index in [0.29, 0.717) is 37.2 Å². The monoisotopic (exact) mass is 422 g/mol. The fraction of sp³-hybridized carbons (Fsp3) is 0.250. The van der Waals surface area contributed by atoms with Gasteiger partial charge in [0.1, 0.15) is 17.2 Å². The van der Waals surface area contributed by atoms with Crippen molar-refractivity contribution in [2.24, 2.45) is 4.99 Å². The average molecular weight is 423 g/mol. The minimum Gasteiger partial charge on any atom is -0.439 e. The molecule has 1 unspecified atom stereocenters. The average Bonchev–Trinajstić information content (AvgIpc) is 2.78. The van der Waals surface area contributed by atoms with Crippen LogP contribution in [0.2, 0.25) is 0 Å². The summed E-state index contributed by atoms with van der Waals surface area (Å²) in [6.45, 7) is 5.13. The molecule has 2 aromatic carbocycles. The van der Waals surface area contributed by atoms with Gasteiger partial charge in [-0.25, -0.2) is 14.4 Å². The van der Waals surface area contributed by atoms with Gasteiger partial charge >= 0.3 is 0 Å². The first-order chi connectivity index (χ1) is 15.0. The van der Waals surface area contributed by atoms with Crippen LogP contribution >= 0.6 is 0 Å². The molecule has 3 N–H and O–H groups in total. The van der Waals surface area contributed by atoms with Crippen LogP contribution < -0.4 is 15.4 Å². The molecule has 0 radical (unpaired) electrons. The summed E-state index contributed by atoms with van der Waals surface area (Å²) in [6.07, 6.45) is 1.64. The molecule has 3 rings (SSSR count). The van der Waals surface area contributed by atoms with E-state index in [-0.39, 0.29) is 5.82 Å². The van der Waals surface area contributed by atoms with Crippen LogP contribution in [0.15, 0.2) is 77.9 Å². The van der Waals surface area contributed by atoms with E-state index in [2.05, 4.69) is 20.6 Å². The number of benzene rings is 2. The van der Waals surface area contributed by atoms with Crippen molar-refractivity contribution >= 4 is 5.96 Å². The number of aromatic nitrogens is 1. The summed E-state index contributed by atoms with van der Waals surface area (Å²) in [5, 5.41) is 17.2. The molecule has 7 heteroatoms. The van der Waals surface area contributed by atoms with Gasteiger partial charge in [0.2, 0.25) is 5.88 Å². The van der Waals surface area contributed by atoms with E-state index in [1.54, 1.807) is 31.3 Å². The quantitative estimate of drug-likeness (QED) is 0.378. The molecule has 6 nitrogen and oxygen atoms in total. The van der Waals surface area contributed by atoms with Crippen molar-refractivity contribution in [2.45, 2.75) is 26.0 Å². The van der Waals surface area contributed by atoms with Crippen molar-refractivity contribution in [3.63, 3.8) is 0 Å². The van der Waals surface area contributed by atoms with Gasteiger partial charge in [-0.2, -0.15) is 0 Å². The minimum absolute atomic E-state index is 0.304. The lowest BCUT2D eigenvalue weighted by atomic mass is 9.96. The lowest BCUT2D eigenvalue weighted by molar-refractivity contribution is 0.0617. The predicted octanol–water partition coefficient (Wildman–Crippen LogP) is 3.98. The van der Waals surface area contributed by atoms with Gasteiger partial charge in [-0.05, 0) is 55.3 Å². The van der Waals surface area contributed by atoms with E-state index >= 15 is 0 Å². The number of ether oxygens (including phenoxy) is 1. The Bertz CT molecular complexity index is 992. The summed E-state index contributed by atoms with van der Waals surface area (Å²) < 4.78 is 18.7. The highest BCUT2D eigenvalue weighted by molar-refractivity contribution is 5.79. The Morgan fingerprint density at radius 1 is 1.10 bits per heavy atom. The summed E-state index contributed by atoms with van der Waals surface area (Å²) in [5.74, 6) is 1.19. The Labute approximate surface area is 181 Å². The Hall–Kier alpha value is -3.45. The molecule has 3 aromatic rings. The van der Waals surface area contributed by atoms with Crippen LogP contribution in [-0.2, 0) is 12.1 Å². The molecule has 0 fully saturated rings. The van der Waals surface area contributed by atoms with E-state index in [0.717, 1.165) is 11.1 Å². The number of rotatable bonds is 8. The number of nitrogens with one attached hydrogen (secondary N) is 2. The lowest BCUT2D eigenvalue weighted by Crippen LogP contribution is -2.44. The summed E-state index contributed by atoms with van der Waals surface area (Å²) in [6, 6.07) is 18.9. The fourth-order valence-corrected chi connectivity index (χ4v) is 2.90. The first kappa shape index (κ1) is 22.2. The number of halogens is 1. The van der Waals surface area contributed by atoms with Gasteiger partial charge in [0.25, 0.3) is 0 Å². The molecule has 0 saturated carbocycles. The number of guanidine groups is 1. The van der Waals surface area contributed by atoms with Crippen molar-refractivity contribution in [3.8, 4) is 11.6 Å². The smallest absolute Gasteiger partial charge is 0.219 e. The van der Waals surface area contributed by atoms with E-state index in [4.69, 9.17) is 4.74 Å². The number of aliphatic imine (C=N–C) groups is 1. The van der Waals surface area contributed by atoms with Crippen molar-refractivity contribution in [1.29, 1.82) is 0 Å². The van der Waals surface area contributed by atoms with Gasteiger partial charge in [-0.1, -0.05) is 30.3 Å². The van der Waals surface area contributed by atoms with Gasteiger partial charge < -0.3 is 20.5 Å². The molecule has 0 aliphatic carbocycles. The minimum atomic E-state index is -1.04. The third-order valence-corrected chi connectivity index (χ3v) is 4.60. The van der Waals surface area contributed by atoms with Crippen LogP contribution in [0.4, 0.5) is 4.39 Å². The van der Waals surface area contributed by atoms with E-state index in [9.17, 15) is 9.50 Å². The molecule has 1 heterocycles. The van der Waals surface area contributed by atoms with Crippen LogP contribution in [-0.4, -0.2) is 29.1 Å². The second-order valence-corrected chi connectivity index (χ2v) is 7.25. The molecule has 0 amide bonds. The van der Waals surface area contributed by atoms with E-state index in [1.165, 1.54) is 12.1 Å². The standard InChI is InChI=1S/C24H27FN4O2/c1-3-26-23(29-17-24(2,30)19-7-5-4-6-8-19)28-16-18-13-14-27-22(15-18)31-21-11-9-20(25)10-12-21/h4-15,30H,3,16-17H2,1-2H3,(H2,26,28,29). The number of hydrogen-bond donors (Lipinski definition) is 3. The third kappa shape index (κ3) is 6.79. The molecule has 0 spiro atoms. The predicted molar refractivity (Wildman–Crippen MR) is 120 cm³/mol. The fourth-order valence-electron chi connectivity index (χ4n) is 2.90. The second kappa shape index (κ2) is 10.5. The van der Waals surface area contributed by atoms with Crippen molar-refractivity contribution in [1.82, 2.24) is 15.6 Å². The van der Waals surface area contributed by atoms with Crippen LogP contribution in [0.5, 0.6) is 11.6 Å². The van der Waals surface area contributed by atoms with Gasteiger partial charge in [0.05, 0.1) is 13.1 Å². The number of aliphatic hydroxyl groups is 1. The normalized spacial score (nSPS) is 13.4. The summed E-state index contributed by atoms with van der Waals surface area (Å²) in [5.41, 5.74) is 0.693. The molecule has 1 atom stereocenters. The van der Waals surface area contributed by atoms with Gasteiger partial charge in [0.15, 0.2) is 5.96 Å². The van der Waals surface area contributed by atoms with Gasteiger partial charge in [0, 0.05) is 18.8 Å². The van der Waals surface area contributed by atoms with Crippen molar-refractivity contribution < 1.29 is 14.2 Å². The summed E-state index contributed by atoms with van der Waals surface area (Å²) in [4.78, 5) is 8.78. The SMILES string of the molecule is CCNC(=NCc1ccnc(Oc2ccc(F)cc2)c1)NCC(C)(O)c1ccccc1. The van der Waals surface area contributed by atoms with Crippen LogP contribution in [0.3, 0.4) is 0 Å². The molecule has 31 heavy (non-hydrogen) atoms. The number of pyridine rings is 1. The largest absolute Gasteiger partial charge is 0.439 e. The third-order valence-electron chi connectivity index (χ3n) is 4.60. The van der Waals surface area contributed by atoms with E-state index in [1.807, 2.05) is 43.3 Å².